The van der Waals surface area contributed by atoms with Gasteiger partial charge in [0.15, 0.2) is 6.54 Å². The largest absolute Gasteiger partial charge is 0.340 e. The monoisotopic (exact) mass is 223 g/mol. The Hall–Kier alpha value is -1.31. The van der Waals surface area contributed by atoms with E-state index in [0.29, 0.717) is 13.1 Å². The number of hydrogen-bond donors (Lipinski definition) is 2. The molecule has 0 aliphatic heterocycles. The van der Waals surface area contributed by atoms with E-state index in [1.54, 1.807) is 11.3 Å². The second-order valence-electron chi connectivity index (χ2n) is 3.37. The molecule has 0 saturated carbocycles. The summed E-state index contributed by atoms with van der Waals surface area (Å²) < 4.78 is 0. The van der Waals surface area contributed by atoms with Crippen LogP contribution < -0.4 is 10.2 Å². The molecule has 2 N–H and O–H groups in total. The average molecular weight is 223 g/mol. The molecule has 1 amide bonds. The molecule has 4 heteroatoms. The summed E-state index contributed by atoms with van der Waals surface area (Å²) in [7, 11) is 2.00. The van der Waals surface area contributed by atoms with Crippen LogP contribution in [0.5, 0.6) is 0 Å². The molecule has 1 atom stereocenters. The van der Waals surface area contributed by atoms with Gasteiger partial charge in [0.1, 0.15) is 6.54 Å². The average Bonchev–Trinajstić information content (AvgIpc) is 2.67. The molecule has 1 aromatic heterocycles. The quantitative estimate of drug-likeness (QED) is 0.649. The van der Waals surface area contributed by atoms with Gasteiger partial charge in [0.25, 0.3) is 5.91 Å². The van der Waals surface area contributed by atoms with Gasteiger partial charge in [-0.15, -0.1) is 17.8 Å². The molecule has 0 bridgehead atoms. The van der Waals surface area contributed by atoms with E-state index in [1.165, 1.54) is 4.88 Å². The molecule has 1 rings (SSSR count). The fraction of sp³-hybridized carbons (Fsp3) is 0.364. The van der Waals surface area contributed by atoms with Crippen LogP contribution in [0.3, 0.4) is 0 Å². The van der Waals surface area contributed by atoms with Gasteiger partial charge in [0.05, 0.1) is 18.5 Å². The van der Waals surface area contributed by atoms with Crippen molar-refractivity contribution in [2.75, 3.05) is 20.1 Å². The first-order chi connectivity index (χ1) is 7.22. The van der Waals surface area contributed by atoms with E-state index < -0.39 is 0 Å². The molecule has 15 heavy (non-hydrogen) atoms. The molecule has 1 unspecified atom stereocenters. The Kier molecular flexibility index (Phi) is 4.88. The second-order valence-corrected chi connectivity index (χ2v) is 4.40. The van der Waals surface area contributed by atoms with Gasteiger partial charge < -0.3 is 10.2 Å². The SMILES string of the molecule is C#CCNC(=O)C[NH+](C)Cc1cccs1. The number of terminal acetylenes is 1. The molecule has 0 fully saturated rings. The standard InChI is InChI=1S/C11H14N2OS/c1-3-6-12-11(14)9-13(2)8-10-5-4-7-15-10/h1,4-5,7H,6,8-9H2,2H3,(H,12,14)/p+1. The van der Waals surface area contributed by atoms with Crippen molar-refractivity contribution in [2.24, 2.45) is 0 Å². The van der Waals surface area contributed by atoms with Gasteiger partial charge in [-0.1, -0.05) is 12.0 Å². The maximum atomic E-state index is 11.3. The lowest BCUT2D eigenvalue weighted by Gasteiger charge is -2.11. The topological polar surface area (TPSA) is 33.5 Å². The molecule has 1 heterocycles. The lowest BCUT2D eigenvalue weighted by atomic mass is 10.4. The van der Waals surface area contributed by atoms with Crippen molar-refractivity contribution in [1.29, 1.82) is 0 Å². The number of amides is 1. The maximum absolute atomic E-state index is 11.3. The van der Waals surface area contributed by atoms with Crippen molar-refractivity contribution in [2.45, 2.75) is 6.54 Å². The highest BCUT2D eigenvalue weighted by Crippen LogP contribution is 2.05. The fourth-order valence-corrected chi connectivity index (χ4v) is 2.08. The zero-order chi connectivity index (χ0) is 11.1. The number of quaternary nitrogens is 1. The third-order valence-corrected chi connectivity index (χ3v) is 2.78. The minimum atomic E-state index is 0.00186. The van der Waals surface area contributed by atoms with Crippen molar-refractivity contribution in [3.63, 3.8) is 0 Å². The normalized spacial score (nSPS) is 11.7. The Morgan fingerprint density at radius 2 is 2.53 bits per heavy atom. The van der Waals surface area contributed by atoms with Crippen LogP contribution in [0, 0.1) is 12.3 Å². The van der Waals surface area contributed by atoms with Crippen LogP contribution in [0.1, 0.15) is 4.88 Å². The van der Waals surface area contributed by atoms with Crippen LogP contribution in [0.2, 0.25) is 0 Å². The van der Waals surface area contributed by atoms with Crippen LogP contribution in [-0.2, 0) is 11.3 Å². The number of likely N-dealkylation sites (N-methyl/N-ethyl adjacent to an activating group) is 1. The number of carbonyl (C=O) groups is 1. The summed E-state index contributed by atoms with van der Waals surface area (Å²) >= 11 is 1.71. The molecule has 0 aromatic carbocycles. The van der Waals surface area contributed by atoms with Crippen molar-refractivity contribution in [3.8, 4) is 12.3 Å². The van der Waals surface area contributed by atoms with Crippen molar-refractivity contribution < 1.29 is 9.69 Å². The third-order valence-electron chi connectivity index (χ3n) is 1.91. The lowest BCUT2D eigenvalue weighted by molar-refractivity contribution is -0.885. The van der Waals surface area contributed by atoms with Gasteiger partial charge in [-0.05, 0) is 11.4 Å². The predicted octanol–water partition coefficient (Wildman–Crippen LogP) is -0.488. The van der Waals surface area contributed by atoms with Crippen molar-refractivity contribution in [3.05, 3.63) is 22.4 Å². The van der Waals surface area contributed by atoms with Gasteiger partial charge >= 0.3 is 0 Å². The zero-order valence-electron chi connectivity index (χ0n) is 8.75. The molecule has 0 radical (unpaired) electrons. The first kappa shape index (κ1) is 11.8. The molecular formula is C11H15N2OS+. The molecule has 0 saturated heterocycles. The van der Waals surface area contributed by atoms with E-state index in [0.717, 1.165) is 11.4 Å². The summed E-state index contributed by atoms with van der Waals surface area (Å²) in [5.41, 5.74) is 0. The molecular weight excluding hydrogens is 208 g/mol. The molecule has 0 aliphatic rings. The third kappa shape index (κ3) is 4.63. The summed E-state index contributed by atoms with van der Waals surface area (Å²) in [6.45, 7) is 1.64. The minimum absolute atomic E-state index is 0.00186. The molecule has 0 spiro atoms. The first-order valence-electron chi connectivity index (χ1n) is 4.76. The number of thiophene rings is 1. The highest BCUT2D eigenvalue weighted by Gasteiger charge is 2.09. The number of nitrogens with one attached hydrogen (secondary N) is 2. The molecule has 0 aliphatic carbocycles. The molecule has 1 aromatic rings. The van der Waals surface area contributed by atoms with Gasteiger partial charge in [0.2, 0.25) is 0 Å². The van der Waals surface area contributed by atoms with Gasteiger partial charge in [0, 0.05) is 0 Å². The number of hydrogen-bond acceptors (Lipinski definition) is 2. The van der Waals surface area contributed by atoms with Crippen LogP contribution in [-0.4, -0.2) is 26.0 Å². The minimum Gasteiger partial charge on any atom is -0.340 e. The van der Waals surface area contributed by atoms with Gasteiger partial charge in [-0.25, -0.2) is 0 Å². The van der Waals surface area contributed by atoms with E-state index in [9.17, 15) is 4.79 Å². The van der Waals surface area contributed by atoms with Gasteiger partial charge in [-0.3, -0.25) is 4.79 Å². The lowest BCUT2D eigenvalue weighted by Crippen LogP contribution is -3.08. The second kappa shape index (κ2) is 6.23. The number of carbonyl (C=O) groups excluding carboxylic acids is 1. The molecule has 3 nitrogen and oxygen atoms in total. The smallest absolute Gasteiger partial charge is 0.275 e. The fourth-order valence-electron chi connectivity index (χ4n) is 1.26. The van der Waals surface area contributed by atoms with E-state index in [4.69, 9.17) is 6.42 Å². The Labute approximate surface area is 94.1 Å². The summed E-state index contributed by atoms with van der Waals surface area (Å²) in [6, 6.07) is 4.10. The van der Waals surface area contributed by atoms with Crippen LogP contribution >= 0.6 is 11.3 Å². The number of rotatable bonds is 5. The van der Waals surface area contributed by atoms with E-state index in [2.05, 4.69) is 17.3 Å². The van der Waals surface area contributed by atoms with E-state index in [-0.39, 0.29) is 5.91 Å². The summed E-state index contributed by atoms with van der Waals surface area (Å²) in [5.74, 6) is 2.38. The Morgan fingerprint density at radius 1 is 1.73 bits per heavy atom. The van der Waals surface area contributed by atoms with Crippen molar-refractivity contribution in [1.82, 2.24) is 5.32 Å². The van der Waals surface area contributed by atoms with E-state index >= 15 is 0 Å². The summed E-state index contributed by atoms with van der Waals surface area (Å²) in [6.07, 6.45) is 5.05. The summed E-state index contributed by atoms with van der Waals surface area (Å²) in [5, 5.41) is 4.69. The predicted molar refractivity (Wildman–Crippen MR) is 61.6 cm³/mol. The highest BCUT2D eigenvalue weighted by molar-refractivity contribution is 7.09. The van der Waals surface area contributed by atoms with Crippen LogP contribution in [0.4, 0.5) is 0 Å². The first-order valence-corrected chi connectivity index (χ1v) is 5.64. The van der Waals surface area contributed by atoms with Crippen LogP contribution in [0.25, 0.3) is 0 Å². The Morgan fingerprint density at radius 3 is 3.13 bits per heavy atom. The van der Waals surface area contributed by atoms with Crippen LogP contribution in [0.15, 0.2) is 17.5 Å². The van der Waals surface area contributed by atoms with Crippen molar-refractivity contribution >= 4 is 17.2 Å². The van der Waals surface area contributed by atoms with E-state index in [1.807, 2.05) is 18.5 Å². The highest BCUT2D eigenvalue weighted by atomic mass is 32.1. The Bertz CT molecular complexity index is 340. The van der Waals surface area contributed by atoms with Gasteiger partial charge in [-0.2, -0.15) is 0 Å². The molecule has 80 valence electrons. The summed E-state index contributed by atoms with van der Waals surface area (Å²) in [4.78, 5) is 13.8. The zero-order valence-corrected chi connectivity index (χ0v) is 9.56. The maximum Gasteiger partial charge on any atom is 0.275 e. The Balaban J connectivity index is 2.27.